The Kier molecular flexibility index (Phi) is 3.73. The predicted octanol–water partition coefficient (Wildman–Crippen LogP) is 3.47. The van der Waals surface area contributed by atoms with Crippen molar-refractivity contribution in [2.45, 2.75) is 18.8 Å². The maximum atomic E-state index is 6.12. The molecule has 0 unspecified atom stereocenters. The van der Waals surface area contributed by atoms with Crippen molar-refractivity contribution in [2.75, 3.05) is 13.2 Å². The molecule has 2 heterocycles. The fourth-order valence-electron chi connectivity index (χ4n) is 2.07. The highest BCUT2D eigenvalue weighted by molar-refractivity contribution is 6.35. The highest BCUT2D eigenvalue weighted by atomic mass is 35.5. The lowest BCUT2D eigenvalue weighted by Crippen LogP contribution is -2.00. The van der Waals surface area contributed by atoms with Crippen LogP contribution in [0, 0.1) is 0 Å². The van der Waals surface area contributed by atoms with Crippen LogP contribution in [0.5, 0.6) is 0 Å². The Bertz CT molecular complexity index is 580. The summed E-state index contributed by atoms with van der Waals surface area (Å²) in [5, 5.41) is 5.23. The number of halogens is 2. The summed E-state index contributed by atoms with van der Waals surface area (Å²) >= 11 is 12.0. The third-order valence-corrected chi connectivity index (χ3v) is 3.72. The summed E-state index contributed by atoms with van der Waals surface area (Å²) in [6.45, 7) is 1.43. The molecule has 2 aromatic rings. The molecule has 6 heteroatoms. The van der Waals surface area contributed by atoms with Crippen LogP contribution in [-0.4, -0.2) is 23.4 Å². The Morgan fingerprint density at radius 3 is 2.95 bits per heavy atom. The summed E-state index contributed by atoms with van der Waals surface area (Å²) in [4.78, 5) is 4.40. The third kappa shape index (κ3) is 2.91. The zero-order chi connectivity index (χ0) is 13.2. The van der Waals surface area contributed by atoms with Crippen LogP contribution < -0.4 is 0 Å². The van der Waals surface area contributed by atoms with Crippen LogP contribution in [0.3, 0.4) is 0 Å². The van der Waals surface area contributed by atoms with Gasteiger partial charge in [0.25, 0.3) is 0 Å². The molecule has 19 heavy (non-hydrogen) atoms. The molecule has 0 saturated carbocycles. The van der Waals surface area contributed by atoms with E-state index in [0.717, 1.165) is 24.4 Å². The van der Waals surface area contributed by atoms with Gasteiger partial charge in [0.05, 0.1) is 13.0 Å². The van der Waals surface area contributed by atoms with Crippen molar-refractivity contribution in [3.05, 3.63) is 45.5 Å². The van der Waals surface area contributed by atoms with Gasteiger partial charge >= 0.3 is 0 Å². The lowest BCUT2D eigenvalue weighted by Gasteiger charge is -2.01. The summed E-state index contributed by atoms with van der Waals surface area (Å²) < 4.78 is 10.6. The number of nitrogens with zero attached hydrogens (tertiary/aromatic N) is 2. The Hall–Kier alpha value is -1.10. The molecule has 1 aromatic carbocycles. The minimum atomic E-state index is 0.248. The molecule has 0 N–H and O–H groups in total. The molecule has 1 fully saturated rings. The van der Waals surface area contributed by atoms with Gasteiger partial charge in [0, 0.05) is 22.6 Å². The Morgan fingerprint density at radius 2 is 2.21 bits per heavy atom. The fourth-order valence-corrected chi connectivity index (χ4v) is 2.55. The standard InChI is InChI=1S/C13H12Cl2N2O2/c14-10-2-1-8(11(15)6-10)5-12-16-13(17-19-12)9-3-4-18-7-9/h1-2,6,9H,3-5,7H2/t9-/m1/s1. The molecule has 0 aliphatic carbocycles. The highest BCUT2D eigenvalue weighted by Crippen LogP contribution is 2.25. The normalized spacial score (nSPS) is 18.9. The van der Waals surface area contributed by atoms with E-state index in [-0.39, 0.29) is 5.92 Å². The largest absolute Gasteiger partial charge is 0.381 e. The zero-order valence-electron chi connectivity index (χ0n) is 10.1. The summed E-state index contributed by atoms with van der Waals surface area (Å²) in [5.74, 6) is 1.53. The quantitative estimate of drug-likeness (QED) is 0.870. The van der Waals surface area contributed by atoms with E-state index in [1.165, 1.54) is 0 Å². The molecule has 1 aliphatic heterocycles. The zero-order valence-corrected chi connectivity index (χ0v) is 11.6. The van der Waals surface area contributed by atoms with Gasteiger partial charge in [0.1, 0.15) is 0 Å². The lowest BCUT2D eigenvalue weighted by molar-refractivity contribution is 0.192. The molecule has 3 rings (SSSR count). The van der Waals surface area contributed by atoms with E-state index in [1.807, 2.05) is 6.07 Å². The second kappa shape index (κ2) is 5.49. The smallest absolute Gasteiger partial charge is 0.231 e. The van der Waals surface area contributed by atoms with Crippen LogP contribution in [0.2, 0.25) is 10.0 Å². The lowest BCUT2D eigenvalue weighted by atomic mass is 10.1. The SMILES string of the molecule is Clc1ccc(Cc2nc([C@@H]3CCOC3)no2)c(Cl)c1. The van der Waals surface area contributed by atoms with Gasteiger partial charge in [-0.25, -0.2) is 0 Å². The van der Waals surface area contributed by atoms with E-state index in [9.17, 15) is 0 Å². The number of aromatic nitrogens is 2. The van der Waals surface area contributed by atoms with Crippen LogP contribution in [-0.2, 0) is 11.2 Å². The predicted molar refractivity (Wildman–Crippen MR) is 71.7 cm³/mol. The van der Waals surface area contributed by atoms with Crippen molar-refractivity contribution in [1.82, 2.24) is 10.1 Å². The molecule has 1 atom stereocenters. The van der Waals surface area contributed by atoms with Gasteiger partial charge in [-0.15, -0.1) is 0 Å². The number of rotatable bonds is 3. The monoisotopic (exact) mass is 298 g/mol. The molecule has 0 amide bonds. The van der Waals surface area contributed by atoms with E-state index >= 15 is 0 Å². The van der Waals surface area contributed by atoms with Gasteiger partial charge < -0.3 is 9.26 Å². The van der Waals surface area contributed by atoms with Gasteiger partial charge in [-0.05, 0) is 24.1 Å². The Balaban J connectivity index is 1.76. The number of benzene rings is 1. The van der Waals surface area contributed by atoms with Crippen molar-refractivity contribution in [1.29, 1.82) is 0 Å². The molecule has 1 aliphatic rings. The molecule has 1 aromatic heterocycles. The van der Waals surface area contributed by atoms with Crippen molar-refractivity contribution in [3.63, 3.8) is 0 Å². The van der Waals surface area contributed by atoms with Gasteiger partial charge in [0.2, 0.25) is 5.89 Å². The van der Waals surface area contributed by atoms with E-state index in [2.05, 4.69) is 10.1 Å². The maximum Gasteiger partial charge on any atom is 0.231 e. The number of ether oxygens (including phenoxy) is 1. The molecule has 0 spiro atoms. The van der Waals surface area contributed by atoms with E-state index < -0.39 is 0 Å². The van der Waals surface area contributed by atoms with Crippen LogP contribution in [0.1, 0.15) is 29.6 Å². The number of hydrogen-bond donors (Lipinski definition) is 0. The molecular weight excluding hydrogens is 287 g/mol. The van der Waals surface area contributed by atoms with Crippen LogP contribution in [0.25, 0.3) is 0 Å². The number of hydrogen-bond acceptors (Lipinski definition) is 4. The minimum Gasteiger partial charge on any atom is -0.381 e. The van der Waals surface area contributed by atoms with Gasteiger partial charge in [-0.3, -0.25) is 0 Å². The topological polar surface area (TPSA) is 48.2 Å². The first-order valence-electron chi connectivity index (χ1n) is 6.06. The van der Waals surface area contributed by atoms with E-state index in [4.69, 9.17) is 32.5 Å². The first-order valence-corrected chi connectivity index (χ1v) is 6.82. The summed E-state index contributed by atoms with van der Waals surface area (Å²) in [6, 6.07) is 5.37. The van der Waals surface area contributed by atoms with E-state index in [1.54, 1.807) is 12.1 Å². The molecule has 1 saturated heterocycles. The van der Waals surface area contributed by atoms with Crippen LogP contribution in [0.15, 0.2) is 22.7 Å². The minimum absolute atomic E-state index is 0.248. The molecule has 100 valence electrons. The first-order chi connectivity index (χ1) is 9.22. The third-order valence-electron chi connectivity index (χ3n) is 3.14. The molecule has 0 radical (unpaired) electrons. The summed E-state index contributed by atoms with van der Waals surface area (Å²) in [6.07, 6.45) is 1.46. The van der Waals surface area contributed by atoms with Crippen molar-refractivity contribution < 1.29 is 9.26 Å². The fraction of sp³-hybridized carbons (Fsp3) is 0.385. The molecule has 0 bridgehead atoms. The second-order valence-electron chi connectivity index (χ2n) is 4.52. The van der Waals surface area contributed by atoms with Crippen molar-refractivity contribution >= 4 is 23.2 Å². The average Bonchev–Trinajstić information content (AvgIpc) is 3.03. The maximum absolute atomic E-state index is 6.12. The van der Waals surface area contributed by atoms with Gasteiger partial charge in [-0.2, -0.15) is 4.98 Å². The van der Waals surface area contributed by atoms with Crippen molar-refractivity contribution in [3.8, 4) is 0 Å². The molecular formula is C13H12Cl2N2O2. The summed E-state index contributed by atoms with van der Waals surface area (Å²) in [7, 11) is 0. The van der Waals surface area contributed by atoms with E-state index in [0.29, 0.717) is 29.0 Å². The highest BCUT2D eigenvalue weighted by Gasteiger charge is 2.23. The van der Waals surface area contributed by atoms with Gasteiger partial charge in [0.15, 0.2) is 5.82 Å². The van der Waals surface area contributed by atoms with Gasteiger partial charge in [-0.1, -0.05) is 34.4 Å². The van der Waals surface area contributed by atoms with Crippen molar-refractivity contribution in [2.24, 2.45) is 0 Å². The average molecular weight is 299 g/mol. The molecule has 4 nitrogen and oxygen atoms in total. The first kappa shape index (κ1) is 12.9. The Morgan fingerprint density at radius 1 is 1.32 bits per heavy atom. The summed E-state index contributed by atoms with van der Waals surface area (Å²) in [5.41, 5.74) is 0.920. The van der Waals surface area contributed by atoms with Crippen LogP contribution >= 0.6 is 23.2 Å². The second-order valence-corrected chi connectivity index (χ2v) is 5.36. The Labute approximate surface area is 120 Å². The van der Waals surface area contributed by atoms with Crippen LogP contribution in [0.4, 0.5) is 0 Å².